The van der Waals surface area contributed by atoms with Gasteiger partial charge in [-0.2, -0.15) is 0 Å². The van der Waals surface area contributed by atoms with Gasteiger partial charge < -0.3 is 15.3 Å². The molecule has 0 heterocycles. The van der Waals surface area contributed by atoms with E-state index >= 15 is 0 Å². The number of carboxylic acid groups (broad SMARTS) is 3. The normalized spacial score (nSPS) is 10.7. The molecule has 0 saturated heterocycles. The van der Waals surface area contributed by atoms with Crippen molar-refractivity contribution in [2.45, 2.75) is 6.42 Å². The summed E-state index contributed by atoms with van der Waals surface area (Å²) in [4.78, 5) is 32.6. The van der Waals surface area contributed by atoms with Gasteiger partial charge in [0.05, 0.1) is 5.56 Å². The van der Waals surface area contributed by atoms with Crippen molar-refractivity contribution in [3.05, 3.63) is 47.5 Å². The summed E-state index contributed by atoms with van der Waals surface area (Å²) >= 11 is 0. The third-order valence-electron chi connectivity index (χ3n) is 3.19. The monoisotopic (exact) mass is 288 g/mol. The Balaban J connectivity index is 2.35. The van der Waals surface area contributed by atoms with E-state index < -0.39 is 23.8 Å². The molecule has 0 amide bonds. The minimum atomic E-state index is -1.50. The van der Waals surface area contributed by atoms with E-state index in [2.05, 4.69) is 0 Å². The lowest BCUT2D eigenvalue weighted by Crippen LogP contribution is -2.25. The average molecular weight is 288 g/mol. The van der Waals surface area contributed by atoms with Crippen LogP contribution in [-0.2, 0) is 16.0 Å². The summed E-state index contributed by atoms with van der Waals surface area (Å²) in [6, 6.07) is 9.48. The van der Waals surface area contributed by atoms with Crippen molar-refractivity contribution >= 4 is 28.7 Å². The van der Waals surface area contributed by atoms with E-state index in [4.69, 9.17) is 15.3 Å². The summed E-state index contributed by atoms with van der Waals surface area (Å²) in [5.74, 6) is -5.30. The molecule has 0 saturated carbocycles. The summed E-state index contributed by atoms with van der Waals surface area (Å²) in [5, 5.41) is 28.1. The highest BCUT2D eigenvalue weighted by Gasteiger charge is 2.25. The van der Waals surface area contributed by atoms with Crippen LogP contribution in [-0.4, -0.2) is 33.2 Å². The second-order valence-corrected chi connectivity index (χ2v) is 4.63. The molecule has 0 fully saturated rings. The number of rotatable bonds is 5. The highest BCUT2D eigenvalue weighted by molar-refractivity contribution is 5.95. The Kier molecular flexibility index (Phi) is 3.89. The zero-order valence-corrected chi connectivity index (χ0v) is 10.8. The van der Waals surface area contributed by atoms with Gasteiger partial charge in [0, 0.05) is 0 Å². The third-order valence-corrected chi connectivity index (χ3v) is 3.19. The molecule has 0 spiro atoms. The third kappa shape index (κ3) is 3.17. The van der Waals surface area contributed by atoms with Gasteiger partial charge in [0.15, 0.2) is 5.92 Å². The van der Waals surface area contributed by atoms with Gasteiger partial charge in [0.2, 0.25) is 0 Å². The largest absolute Gasteiger partial charge is 0.481 e. The first-order valence-corrected chi connectivity index (χ1v) is 6.10. The van der Waals surface area contributed by atoms with Gasteiger partial charge in [0.1, 0.15) is 0 Å². The predicted octanol–water partition coefficient (Wildman–Crippen LogP) is 1.87. The SMILES string of the molecule is O=C(O)c1ccc2cc(CC(C(=O)O)C(=O)O)ccc2c1. The highest BCUT2D eigenvalue weighted by Crippen LogP contribution is 2.20. The van der Waals surface area contributed by atoms with Gasteiger partial charge in [-0.05, 0) is 34.9 Å². The number of hydrogen-bond acceptors (Lipinski definition) is 3. The van der Waals surface area contributed by atoms with Gasteiger partial charge >= 0.3 is 17.9 Å². The molecule has 6 nitrogen and oxygen atoms in total. The van der Waals surface area contributed by atoms with Crippen LogP contribution in [0.2, 0.25) is 0 Å². The molecule has 21 heavy (non-hydrogen) atoms. The molecule has 2 aromatic carbocycles. The molecule has 0 atom stereocenters. The first-order valence-electron chi connectivity index (χ1n) is 6.10. The van der Waals surface area contributed by atoms with E-state index in [1.165, 1.54) is 12.1 Å². The molecule has 2 rings (SSSR count). The fourth-order valence-corrected chi connectivity index (χ4v) is 2.07. The standard InChI is InChI=1S/C15H12O6/c16-13(17)11-4-3-9-5-8(1-2-10(9)7-11)6-12(14(18)19)15(20)21/h1-5,7,12H,6H2,(H,16,17)(H,18,19)(H,20,21). The fraction of sp³-hybridized carbons (Fsp3) is 0.133. The second-order valence-electron chi connectivity index (χ2n) is 4.63. The molecule has 2 aromatic rings. The van der Waals surface area contributed by atoms with Crippen LogP contribution in [0.25, 0.3) is 10.8 Å². The van der Waals surface area contributed by atoms with Crippen LogP contribution < -0.4 is 0 Å². The van der Waals surface area contributed by atoms with Crippen molar-refractivity contribution in [1.29, 1.82) is 0 Å². The van der Waals surface area contributed by atoms with Gasteiger partial charge in [-0.3, -0.25) is 9.59 Å². The first kappa shape index (κ1) is 14.5. The molecule has 6 heteroatoms. The fourth-order valence-electron chi connectivity index (χ4n) is 2.07. The molecule has 108 valence electrons. The minimum absolute atomic E-state index is 0.124. The number of aliphatic carboxylic acids is 2. The average Bonchev–Trinajstić information content (AvgIpc) is 2.43. The molecule has 0 aliphatic rings. The van der Waals surface area contributed by atoms with E-state index in [0.717, 1.165) is 5.39 Å². The molecule has 0 bridgehead atoms. The molecule has 0 aromatic heterocycles. The zero-order chi connectivity index (χ0) is 15.6. The number of hydrogen-bond donors (Lipinski definition) is 3. The number of fused-ring (bicyclic) bond motifs is 1. The lowest BCUT2D eigenvalue weighted by Gasteiger charge is -2.08. The number of carboxylic acids is 3. The Morgan fingerprint density at radius 2 is 1.43 bits per heavy atom. The van der Waals surface area contributed by atoms with Gasteiger partial charge in [-0.25, -0.2) is 4.79 Å². The van der Waals surface area contributed by atoms with Crippen molar-refractivity contribution in [2.24, 2.45) is 5.92 Å². The van der Waals surface area contributed by atoms with Crippen molar-refractivity contribution in [3.63, 3.8) is 0 Å². The van der Waals surface area contributed by atoms with Gasteiger partial charge in [0.25, 0.3) is 0 Å². The lowest BCUT2D eigenvalue weighted by molar-refractivity contribution is -0.154. The van der Waals surface area contributed by atoms with Crippen molar-refractivity contribution in [2.75, 3.05) is 0 Å². The molecule has 0 aliphatic carbocycles. The molecule has 0 radical (unpaired) electrons. The van der Waals surface area contributed by atoms with Crippen LogP contribution in [0.15, 0.2) is 36.4 Å². The maximum absolute atomic E-state index is 10.9. The zero-order valence-electron chi connectivity index (χ0n) is 10.8. The van der Waals surface area contributed by atoms with Gasteiger partial charge in [-0.15, -0.1) is 0 Å². The summed E-state index contributed by atoms with van der Waals surface area (Å²) < 4.78 is 0. The molecule has 0 unspecified atom stereocenters. The Hall–Kier alpha value is -2.89. The van der Waals surface area contributed by atoms with Crippen LogP contribution in [0.1, 0.15) is 15.9 Å². The molecule has 0 aliphatic heterocycles. The Labute approximate surface area is 119 Å². The summed E-state index contributed by atoms with van der Waals surface area (Å²) in [7, 11) is 0. The van der Waals surface area contributed by atoms with Gasteiger partial charge in [-0.1, -0.05) is 24.3 Å². The topological polar surface area (TPSA) is 112 Å². The van der Waals surface area contributed by atoms with Crippen molar-refractivity contribution < 1.29 is 29.7 Å². The second kappa shape index (κ2) is 5.62. The van der Waals surface area contributed by atoms with Crippen molar-refractivity contribution in [3.8, 4) is 0 Å². The van der Waals surface area contributed by atoms with Crippen molar-refractivity contribution in [1.82, 2.24) is 0 Å². The van der Waals surface area contributed by atoms with Crippen LogP contribution in [0.3, 0.4) is 0 Å². The quantitative estimate of drug-likeness (QED) is 0.724. The molecular weight excluding hydrogens is 276 g/mol. The van der Waals surface area contributed by atoms with Crippen LogP contribution in [0.5, 0.6) is 0 Å². The first-order chi connectivity index (χ1) is 9.88. The smallest absolute Gasteiger partial charge is 0.335 e. The predicted molar refractivity (Wildman–Crippen MR) is 73.4 cm³/mol. The summed E-state index contributed by atoms with van der Waals surface area (Å²) in [6.07, 6.45) is -0.124. The van der Waals surface area contributed by atoms with Crippen LogP contribution in [0.4, 0.5) is 0 Å². The number of benzene rings is 2. The summed E-state index contributed by atoms with van der Waals surface area (Å²) in [6.45, 7) is 0. The highest BCUT2D eigenvalue weighted by atomic mass is 16.4. The Morgan fingerprint density at radius 1 is 0.857 bits per heavy atom. The summed E-state index contributed by atoms with van der Waals surface area (Å²) in [5.41, 5.74) is 0.726. The molecular formula is C15H12O6. The van der Waals surface area contributed by atoms with E-state index in [1.807, 2.05) is 0 Å². The number of aromatic carboxylic acids is 1. The number of carbonyl (C=O) groups is 3. The Morgan fingerprint density at radius 3 is 2.00 bits per heavy atom. The maximum Gasteiger partial charge on any atom is 0.335 e. The van der Waals surface area contributed by atoms with E-state index in [1.54, 1.807) is 24.3 Å². The van der Waals surface area contributed by atoms with E-state index in [-0.39, 0.29) is 12.0 Å². The Bertz CT molecular complexity index is 720. The lowest BCUT2D eigenvalue weighted by atomic mass is 9.96. The van der Waals surface area contributed by atoms with E-state index in [9.17, 15) is 14.4 Å². The van der Waals surface area contributed by atoms with E-state index in [0.29, 0.717) is 10.9 Å². The van der Waals surface area contributed by atoms with Crippen LogP contribution in [0, 0.1) is 5.92 Å². The minimum Gasteiger partial charge on any atom is -0.481 e. The van der Waals surface area contributed by atoms with Crippen LogP contribution >= 0.6 is 0 Å². The molecule has 3 N–H and O–H groups in total. The maximum atomic E-state index is 10.9.